The Hall–Kier alpha value is -0.970. The number of hydrogen-bond donors (Lipinski definition) is 1. The van der Waals surface area contributed by atoms with E-state index < -0.39 is 17.6 Å². The van der Waals surface area contributed by atoms with E-state index in [1.807, 2.05) is 0 Å². The molecule has 1 aromatic carbocycles. The van der Waals surface area contributed by atoms with Gasteiger partial charge in [0.1, 0.15) is 11.6 Å². The quantitative estimate of drug-likeness (QED) is 0.860. The number of carboxylic acid groups (broad SMARTS) is 1. The summed E-state index contributed by atoms with van der Waals surface area (Å²) >= 11 is 2.94. The van der Waals surface area contributed by atoms with E-state index in [9.17, 15) is 13.6 Å². The highest BCUT2D eigenvalue weighted by Gasteiger charge is 2.08. The summed E-state index contributed by atoms with van der Waals surface area (Å²) in [7, 11) is 0. The lowest BCUT2D eigenvalue weighted by Gasteiger charge is -2.03. The van der Waals surface area contributed by atoms with Gasteiger partial charge in [0, 0.05) is 12.5 Å². The molecule has 15 heavy (non-hydrogen) atoms. The molecule has 0 radical (unpaired) electrons. The maximum atomic E-state index is 13.1. The summed E-state index contributed by atoms with van der Waals surface area (Å²) in [5.74, 6) is -2.22. The van der Waals surface area contributed by atoms with Crippen LogP contribution < -0.4 is 0 Å². The Morgan fingerprint density at radius 2 is 2.00 bits per heavy atom. The number of carbonyl (C=O) groups is 1. The third-order valence-corrected chi connectivity index (χ3v) is 2.53. The molecule has 0 saturated heterocycles. The first-order valence-electron chi connectivity index (χ1n) is 4.36. The number of aliphatic carboxylic acids is 1. The van der Waals surface area contributed by atoms with Gasteiger partial charge in [-0.05, 0) is 40.4 Å². The molecule has 5 heteroatoms. The van der Waals surface area contributed by atoms with Gasteiger partial charge in [-0.25, -0.2) is 8.78 Å². The van der Waals surface area contributed by atoms with Crippen molar-refractivity contribution in [2.24, 2.45) is 0 Å². The summed E-state index contributed by atoms with van der Waals surface area (Å²) in [6, 6.07) is 2.13. The maximum Gasteiger partial charge on any atom is 0.303 e. The first-order chi connectivity index (χ1) is 7.00. The molecule has 0 saturated carbocycles. The lowest BCUT2D eigenvalue weighted by molar-refractivity contribution is -0.137. The second kappa shape index (κ2) is 5.21. The van der Waals surface area contributed by atoms with Crippen LogP contribution in [0.25, 0.3) is 0 Å². The molecule has 0 atom stereocenters. The van der Waals surface area contributed by atoms with Gasteiger partial charge in [0.25, 0.3) is 0 Å². The molecular weight excluding hydrogens is 270 g/mol. The molecule has 2 nitrogen and oxygen atoms in total. The summed E-state index contributed by atoms with van der Waals surface area (Å²) in [4.78, 5) is 10.2. The van der Waals surface area contributed by atoms with Crippen LogP contribution in [0.5, 0.6) is 0 Å². The smallest absolute Gasteiger partial charge is 0.303 e. The van der Waals surface area contributed by atoms with Crippen LogP contribution >= 0.6 is 15.9 Å². The van der Waals surface area contributed by atoms with Crippen LogP contribution in [0.2, 0.25) is 0 Å². The largest absolute Gasteiger partial charge is 0.481 e. The highest BCUT2D eigenvalue weighted by atomic mass is 79.9. The average Bonchev–Trinajstić information content (AvgIpc) is 2.13. The van der Waals surface area contributed by atoms with Gasteiger partial charge in [-0.2, -0.15) is 0 Å². The number of halogens is 3. The van der Waals surface area contributed by atoms with E-state index in [1.54, 1.807) is 0 Å². The van der Waals surface area contributed by atoms with Crippen LogP contribution in [-0.4, -0.2) is 11.1 Å². The summed E-state index contributed by atoms with van der Waals surface area (Å²) in [6.45, 7) is 0. The van der Waals surface area contributed by atoms with E-state index in [0.29, 0.717) is 12.0 Å². The Labute approximate surface area is 94.0 Å². The Bertz CT molecular complexity index is 380. The fraction of sp³-hybridized carbons (Fsp3) is 0.300. The lowest BCUT2D eigenvalue weighted by atomic mass is 10.1. The Morgan fingerprint density at radius 1 is 1.33 bits per heavy atom. The van der Waals surface area contributed by atoms with Gasteiger partial charge in [-0.3, -0.25) is 4.79 Å². The topological polar surface area (TPSA) is 37.3 Å². The maximum absolute atomic E-state index is 13.1. The standard InChI is InChI=1S/C10H9BrF2O2/c11-7-4-6(2-1-3-10(14)15)8(12)5-9(7)13/h4-5H,1-3H2,(H,14,15). The van der Waals surface area contributed by atoms with Crippen molar-refractivity contribution in [3.8, 4) is 0 Å². The van der Waals surface area contributed by atoms with Crippen LogP contribution in [0.15, 0.2) is 16.6 Å². The predicted molar refractivity (Wildman–Crippen MR) is 54.6 cm³/mol. The monoisotopic (exact) mass is 278 g/mol. The van der Waals surface area contributed by atoms with Gasteiger partial charge in [0.15, 0.2) is 0 Å². The zero-order valence-electron chi connectivity index (χ0n) is 7.77. The first-order valence-corrected chi connectivity index (χ1v) is 5.15. The Morgan fingerprint density at radius 3 is 2.60 bits per heavy atom. The molecule has 0 spiro atoms. The summed E-state index contributed by atoms with van der Waals surface area (Å²) in [6.07, 6.45) is 0.607. The van der Waals surface area contributed by atoms with Crippen molar-refractivity contribution in [1.29, 1.82) is 0 Å². The van der Waals surface area contributed by atoms with E-state index in [-0.39, 0.29) is 17.3 Å². The zero-order valence-corrected chi connectivity index (χ0v) is 9.35. The molecule has 0 heterocycles. The van der Waals surface area contributed by atoms with Crippen LogP contribution in [0, 0.1) is 11.6 Å². The minimum absolute atomic E-state index is 0.0194. The molecule has 0 fully saturated rings. The molecule has 0 aromatic heterocycles. The van der Waals surface area contributed by atoms with Crippen molar-refractivity contribution >= 4 is 21.9 Å². The van der Waals surface area contributed by atoms with Crippen LogP contribution in [0.4, 0.5) is 8.78 Å². The van der Waals surface area contributed by atoms with Crippen molar-refractivity contribution in [3.05, 3.63) is 33.8 Å². The molecular formula is C10H9BrF2O2. The number of aryl methyl sites for hydroxylation is 1. The van der Waals surface area contributed by atoms with Crippen LogP contribution in [0.1, 0.15) is 18.4 Å². The third-order valence-electron chi connectivity index (χ3n) is 1.93. The number of benzene rings is 1. The van der Waals surface area contributed by atoms with Crippen molar-refractivity contribution < 1.29 is 18.7 Å². The normalized spacial score (nSPS) is 10.3. The number of hydrogen-bond acceptors (Lipinski definition) is 1. The summed E-state index contributed by atoms with van der Waals surface area (Å²) < 4.78 is 26.2. The van der Waals surface area contributed by atoms with Gasteiger partial charge in [0.05, 0.1) is 4.47 Å². The van der Waals surface area contributed by atoms with Gasteiger partial charge in [-0.1, -0.05) is 0 Å². The van der Waals surface area contributed by atoms with Crippen molar-refractivity contribution in [3.63, 3.8) is 0 Å². The van der Waals surface area contributed by atoms with Crippen molar-refractivity contribution in [2.75, 3.05) is 0 Å². The minimum atomic E-state index is -0.920. The molecule has 1 rings (SSSR count). The van der Waals surface area contributed by atoms with E-state index in [1.165, 1.54) is 6.07 Å². The Kier molecular flexibility index (Phi) is 4.20. The zero-order chi connectivity index (χ0) is 11.4. The second-order valence-electron chi connectivity index (χ2n) is 3.11. The fourth-order valence-electron chi connectivity index (χ4n) is 1.19. The molecule has 0 amide bonds. The molecule has 0 aliphatic rings. The molecule has 0 aliphatic carbocycles. The molecule has 0 unspecified atom stereocenters. The summed E-state index contributed by atoms with van der Waals surface area (Å²) in [5.41, 5.74) is 0.324. The minimum Gasteiger partial charge on any atom is -0.481 e. The molecule has 1 N–H and O–H groups in total. The van der Waals surface area contributed by atoms with E-state index in [2.05, 4.69) is 15.9 Å². The van der Waals surface area contributed by atoms with Crippen molar-refractivity contribution in [2.45, 2.75) is 19.3 Å². The first kappa shape index (κ1) is 12.1. The molecule has 1 aromatic rings. The third kappa shape index (κ3) is 3.58. The highest BCUT2D eigenvalue weighted by molar-refractivity contribution is 9.10. The molecule has 82 valence electrons. The number of carboxylic acids is 1. The van der Waals surface area contributed by atoms with Gasteiger partial charge < -0.3 is 5.11 Å². The molecule has 0 aliphatic heterocycles. The average molecular weight is 279 g/mol. The fourth-order valence-corrected chi connectivity index (χ4v) is 1.58. The SMILES string of the molecule is O=C(O)CCCc1cc(Br)c(F)cc1F. The van der Waals surface area contributed by atoms with Gasteiger partial charge in [0.2, 0.25) is 0 Å². The van der Waals surface area contributed by atoms with E-state index in [4.69, 9.17) is 5.11 Å². The van der Waals surface area contributed by atoms with Gasteiger partial charge in [-0.15, -0.1) is 0 Å². The van der Waals surface area contributed by atoms with E-state index >= 15 is 0 Å². The Balaban J connectivity index is 2.69. The van der Waals surface area contributed by atoms with Crippen LogP contribution in [0.3, 0.4) is 0 Å². The predicted octanol–water partition coefficient (Wildman–Crippen LogP) is 3.13. The van der Waals surface area contributed by atoms with Crippen LogP contribution in [-0.2, 0) is 11.2 Å². The highest BCUT2D eigenvalue weighted by Crippen LogP contribution is 2.21. The lowest BCUT2D eigenvalue weighted by Crippen LogP contribution is -1.98. The van der Waals surface area contributed by atoms with Crippen molar-refractivity contribution in [1.82, 2.24) is 0 Å². The van der Waals surface area contributed by atoms with E-state index in [0.717, 1.165) is 6.07 Å². The number of rotatable bonds is 4. The molecule has 0 bridgehead atoms. The van der Waals surface area contributed by atoms with Gasteiger partial charge >= 0.3 is 5.97 Å². The second-order valence-corrected chi connectivity index (χ2v) is 3.96. The summed E-state index contributed by atoms with van der Waals surface area (Å²) in [5, 5.41) is 8.40.